The summed E-state index contributed by atoms with van der Waals surface area (Å²) in [6.07, 6.45) is 0. The topological polar surface area (TPSA) is 92.3 Å². The summed E-state index contributed by atoms with van der Waals surface area (Å²) in [6.45, 7) is 0. The van der Waals surface area contributed by atoms with Gasteiger partial charge in [-0.05, 0) is 103 Å². The summed E-state index contributed by atoms with van der Waals surface area (Å²) in [5.41, 5.74) is 21.6. The van der Waals surface area contributed by atoms with Crippen molar-refractivity contribution in [3.8, 4) is 62.8 Å². The van der Waals surface area contributed by atoms with Gasteiger partial charge in [0.15, 0.2) is 5.82 Å². The Bertz CT molecular complexity index is 7180. The minimum Gasteiger partial charge on any atom is -0.438 e. The monoisotopic (exact) mass is 1340 g/mol. The van der Waals surface area contributed by atoms with E-state index in [0.29, 0.717) is 39.8 Å². The second-order valence-electron chi connectivity index (χ2n) is 27.3. The molecule has 0 saturated heterocycles. The Morgan fingerprint density at radius 3 is 0.867 bits per heavy atom. The van der Waals surface area contributed by atoms with Crippen LogP contribution in [-0.2, 0) is 0 Å². The van der Waals surface area contributed by atoms with Gasteiger partial charge in [-0.25, -0.2) is 4.98 Å². The molecule has 0 aliphatic heterocycles. The van der Waals surface area contributed by atoms with Gasteiger partial charge in [0.25, 0.3) is 0 Å². The van der Waals surface area contributed by atoms with Crippen molar-refractivity contribution in [2.24, 2.45) is 0 Å². The summed E-state index contributed by atoms with van der Waals surface area (Å²) in [4.78, 5) is 11.1. The third kappa shape index (κ3) is 7.79. The zero-order valence-electron chi connectivity index (χ0n) is 56.2. The van der Waals surface area contributed by atoms with Gasteiger partial charge < -0.3 is 31.8 Å². The molecule has 0 bridgehead atoms. The van der Waals surface area contributed by atoms with Crippen molar-refractivity contribution in [3.05, 3.63) is 339 Å². The Morgan fingerprint density at radius 2 is 0.533 bits per heavy atom. The third-order valence-corrected chi connectivity index (χ3v) is 22.0. The Balaban J connectivity index is 0.990. The van der Waals surface area contributed by atoms with E-state index >= 15 is 0 Å². The first-order valence-corrected chi connectivity index (χ1v) is 35.6. The van der Waals surface area contributed by atoms with Crippen LogP contribution in [0, 0.1) is 11.3 Å². The fourth-order valence-corrected chi connectivity index (χ4v) is 17.9. The minimum absolute atomic E-state index is 0.458. The maximum Gasteiger partial charge on any atom is 0.231 e. The number of fused-ring (bicyclic) bond motifs is 27. The molecule has 0 atom stereocenters. The number of nitrogens with zero attached hydrogens (tertiary/aromatic N) is 9. The zero-order chi connectivity index (χ0) is 68.7. The van der Waals surface area contributed by atoms with Crippen LogP contribution in [0.25, 0.3) is 210 Å². The predicted octanol–water partition coefficient (Wildman–Crippen LogP) is 24.2. The quantitative estimate of drug-likeness (QED) is 0.152. The normalized spacial score (nSPS) is 12.2. The first-order valence-electron chi connectivity index (χ1n) is 35.6. The molecule has 15 aromatic carbocycles. The lowest BCUT2D eigenvalue weighted by atomic mass is 9.99. The van der Waals surface area contributed by atoms with Crippen LogP contribution >= 0.6 is 0 Å². The van der Waals surface area contributed by atoms with E-state index in [1.165, 1.54) is 0 Å². The van der Waals surface area contributed by atoms with Crippen molar-refractivity contribution in [1.29, 1.82) is 5.26 Å². The number of furan rings is 1. The third-order valence-electron chi connectivity index (χ3n) is 22.0. The summed E-state index contributed by atoms with van der Waals surface area (Å²) >= 11 is 0. The molecule has 0 spiro atoms. The van der Waals surface area contributed by atoms with Crippen LogP contribution in [0.4, 0.5) is 0 Å². The highest BCUT2D eigenvalue weighted by atomic mass is 16.3. The Labute approximate surface area is 598 Å². The van der Waals surface area contributed by atoms with Gasteiger partial charge in [-0.3, -0.25) is 0 Å². The van der Waals surface area contributed by atoms with E-state index in [1.54, 1.807) is 0 Å². The molecular weight excluding hydrogens is 1280 g/mol. The van der Waals surface area contributed by atoms with Crippen LogP contribution in [0.2, 0.25) is 0 Å². The van der Waals surface area contributed by atoms with Crippen LogP contribution in [-0.4, -0.2) is 37.4 Å². The molecule has 8 heterocycles. The van der Waals surface area contributed by atoms with Crippen LogP contribution in [0.1, 0.15) is 5.56 Å². The Morgan fingerprint density at radius 1 is 0.257 bits per heavy atom. The molecule has 0 amide bonds. The summed E-state index contributed by atoms with van der Waals surface area (Å²) < 4.78 is 21.7. The molecule has 0 radical (unpaired) electrons. The number of para-hydroxylation sites is 11. The van der Waals surface area contributed by atoms with Gasteiger partial charge in [0.05, 0.1) is 88.7 Å². The number of hydrogen-bond acceptors (Lipinski definition) is 4. The summed E-state index contributed by atoms with van der Waals surface area (Å²) in [6, 6.07) is 122. The molecule has 10 heteroatoms. The molecular formula is C95H55N9O. The highest BCUT2D eigenvalue weighted by Crippen LogP contribution is 2.55. The number of rotatable bonds is 8. The zero-order valence-corrected chi connectivity index (χ0v) is 56.2. The second kappa shape index (κ2) is 21.7. The van der Waals surface area contributed by atoms with Crippen LogP contribution in [0.5, 0.6) is 0 Å². The molecule has 0 aliphatic rings. The van der Waals surface area contributed by atoms with Crippen molar-refractivity contribution < 1.29 is 4.42 Å². The fraction of sp³-hybridized carbons (Fsp3) is 0. The molecule has 10 nitrogen and oxygen atoms in total. The van der Waals surface area contributed by atoms with E-state index in [4.69, 9.17) is 14.4 Å². The molecule has 23 rings (SSSR count). The van der Waals surface area contributed by atoms with Crippen LogP contribution in [0.15, 0.2) is 338 Å². The Kier molecular flexibility index (Phi) is 11.9. The largest absolute Gasteiger partial charge is 0.438 e. The van der Waals surface area contributed by atoms with E-state index < -0.39 is 0 Å². The first kappa shape index (κ1) is 57.3. The maximum atomic E-state index is 13.3. The highest BCUT2D eigenvalue weighted by molar-refractivity contribution is 6.42. The molecule has 0 aliphatic carbocycles. The highest BCUT2D eigenvalue weighted by Gasteiger charge is 2.34. The smallest absolute Gasteiger partial charge is 0.231 e. The fourth-order valence-electron chi connectivity index (χ4n) is 17.9. The number of benzene rings is 15. The van der Waals surface area contributed by atoms with Gasteiger partial charge in [0.1, 0.15) is 17.2 Å². The van der Waals surface area contributed by atoms with Crippen molar-refractivity contribution in [2.75, 3.05) is 0 Å². The van der Waals surface area contributed by atoms with Crippen molar-refractivity contribution in [1.82, 2.24) is 37.4 Å². The second-order valence-corrected chi connectivity index (χ2v) is 27.3. The van der Waals surface area contributed by atoms with Crippen molar-refractivity contribution in [3.63, 3.8) is 0 Å². The van der Waals surface area contributed by atoms with Gasteiger partial charge in [0, 0.05) is 104 Å². The Hall–Kier alpha value is -14.5. The SMILES string of the molecule is N#Cc1c(-n2c3ccccc3c3c4c(c5ccccc5n4-c4ccccc4)c4c(c5ccccc5n4-c4ccccc4)c32)cc(-c2nc(-c3ccccc3)nc3oc4ccccc4c23)cc1-n1c2ccccc2c2c3c(c4ccccc4n3-c3ccccc3)c3c(c4ccccc4n3-c3ccccc3)c21. The molecule has 23 aromatic rings. The molecule has 0 fully saturated rings. The molecule has 486 valence electrons. The predicted molar refractivity (Wildman–Crippen MR) is 431 cm³/mol. The first-order chi connectivity index (χ1) is 52.2. The van der Waals surface area contributed by atoms with Gasteiger partial charge >= 0.3 is 0 Å². The number of aromatic nitrogens is 8. The van der Waals surface area contributed by atoms with E-state index in [9.17, 15) is 5.26 Å². The van der Waals surface area contributed by atoms with E-state index in [2.05, 4.69) is 337 Å². The summed E-state index contributed by atoms with van der Waals surface area (Å²) in [7, 11) is 0. The number of nitriles is 1. The standard InChI is InChI=1S/C95H55N9O/c96-56-70-77(103-75-51-27-20-44-67(75)85-90-81(63-40-16-23-47-71(63)99(90)59-32-8-2-9-33-59)88-83(92(85)103)65-42-18-25-49-73(65)101(88)61-36-12-4-13-37-61)54-58(87-80-69-46-22-29-53-79(69)105-95(80)98-94(97-87)57-30-6-1-7-31-57)55-78(70)104-76-52-28-21-45-68(76)86-91-82(64-41-17-24-48-72(64)100(91)60-34-10-3-11-35-60)89-84(93(86)104)66-43-19-26-50-74(66)102(89)62-38-14-5-15-39-62/h1-55H. The molecule has 0 saturated carbocycles. The summed E-state index contributed by atoms with van der Waals surface area (Å²) in [5.74, 6) is 0.511. The van der Waals surface area contributed by atoms with Gasteiger partial charge in [-0.15, -0.1) is 0 Å². The average molecular weight is 1340 g/mol. The average Bonchev–Trinajstić information content (AvgIpc) is 1.51. The van der Waals surface area contributed by atoms with Gasteiger partial charge in [-0.2, -0.15) is 10.2 Å². The van der Waals surface area contributed by atoms with Gasteiger partial charge in [-0.1, -0.05) is 231 Å². The van der Waals surface area contributed by atoms with E-state index in [-0.39, 0.29) is 0 Å². The van der Waals surface area contributed by atoms with E-state index in [1.807, 2.05) is 30.3 Å². The van der Waals surface area contributed by atoms with Gasteiger partial charge in [0.2, 0.25) is 5.71 Å². The summed E-state index contributed by atoms with van der Waals surface area (Å²) in [5, 5.41) is 27.9. The van der Waals surface area contributed by atoms with Crippen LogP contribution in [0.3, 0.4) is 0 Å². The van der Waals surface area contributed by atoms with Crippen molar-refractivity contribution >= 4 is 153 Å². The lowest BCUT2D eigenvalue weighted by molar-refractivity contribution is 0.653. The lowest BCUT2D eigenvalue weighted by Crippen LogP contribution is -2.06. The maximum absolute atomic E-state index is 13.3. The molecule has 105 heavy (non-hydrogen) atoms. The van der Waals surface area contributed by atoms with E-state index in [0.717, 1.165) is 175 Å². The molecule has 0 N–H and O–H groups in total. The molecule has 8 aromatic heterocycles. The number of hydrogen-bond donors (Lipinski definition) is 0. The molecule has 0 unspecified atom stereocenters. The lowest BCUT2D eigenvalue weighted by Gasteiger charge is -2.20. The minimum atomic E-state index is 0.458. The van der Waals surface area contributed by atoms with Crippen molar-refractivity contribution in [2.45, 2.75) is 0 Å². The van der Waals surface area contributed by atoms with Crippen LogP contribution < -0.4 is 0 Å².